The molecule has 1 aromatic rings. The zero-order valence-electron chi connectivity index (χ0n) is 15.0. The molecule has 0 aromatic heterocycles. The second kappa shape index (κ2) is 9.46. The molecule has 0 fully saturated rings. The summed E-state index contributed by atoms with van der Waals surface area (Å²) >= 11 is 0. The van der Waals surface area contributed by atoms with E-state index in [1.807, 2.05) is 25.1 Å². The van der Waals surface area contributed by atoms with E-state index in [4.69, 9.17) is 4.99 Å². The van der Waals surface area contributed by atoms with Gasteiger partial charge in [-0.05, 0) is 32.0 Å². The number of hydrogen-bond acceptors (Lipinski definition) is 2. The topological polar surface area (TPSA) is 30.9 Å². The average molecular weight is 304 g/mol. The molecule has 1 atom stereocenters. The maximum atomic E-state index is 4.72. The van der Waals surface area contributed by atoms with Crippen LogP contribution in [-0.2, 0) is 6.54 Å². The van der Waals surface area contributed by atoms with Gasteiger partial charge in [-0.2, -0.15) is 0 Å². The van der Waals surface area contributed by atoms with Crippen molar-refractivity contribution in [2.24, 2.45) is 10.9 Å². The molecule has 0 amide bonds. The number of nitrogens with one attached hydrogen (secondary N) is 1. The van der Waals surface area contributed by atoms with Crippen LogP contribution in [0.2, 0.25) is 0 Å². The lowest BCUT2D eigenvalue weighted by Crippen LogP contribution is -2.45. The Kier molecular flexibility index (Phi) is 7.96. The van der Waals surface area contributed by atoms with E-state index in [0.717, 1.165) is 12.5 Å². The molecule has 1 N–H and O–H groups in total. The Hall–Kier alpha value is -1.55. The molecule has 0 bridgehead atoms. The fourth-order valence-corrected chi connectivity index (χ4v) is 2.34. The average Bonchev–Trinajstić information content (AvgIpc) is 2.46. The van der Waals surface area contributed by atoms with E-state index < -0.39 is 0 Å². The van der Waals surface area contributed by atoms with Crippen LogP contribution >= 0.6 is 0 Å². The second-order valence-corrected chi connectivity index (χ2v) is 6.65. The van der Waals surface area contributed by atoms with Gasteiger partial charge in [0.05, 0.1) is 6.54 Å². The summed E-state index contributed by atoms with van der Waals surface area (Å²) in [4.78, 5) is 9.05. The molecule has 0 saturated carbocycles. The smallest absolute Gasteiger partial charge is 0.193 e. The molecule has 4 nitrogen and oxygen atoms in total. The summed E-state index contributed by atoms with van der Waals surface area (Å²) in [6, 6.07) is 10.9. The molecule has 0 aliphatic heterocycles. The summed E-state index contributed by atoms with van der Waals surface area (Å²) < 4.78 is 0. The highest BCUT2D eigenvalue weighted by molar-refractivity contribution is 5.79. The normalized spacial score (nSPS) is 13.5. The van der Waals surface area contributed by atoms with Crippen molar-refractivity contribution in [1.29, 1.82) is 0 Å². The summed E-state index contributed by atoms with van der Waals surface area (Å²) in [5, 5.41) is 3.51. The van der Waals surface area contributed by atoms with E-state index >= 15 is 0 Å². The molecule has 22 heavy (non-hydrogen) atoms. The minimum absolute atomic E-state index is 0.516. The van der Waals surface area contributed by atoms with Crippen LogP contribution in [0.1, 0.15) is 25.8 Å². The Bertz CT molecular complexity index is 438. The molecular formula is C18H32N4. The van der Waals surface area contributed by atoms with Crippen molar-refractivity contribution >= 4 is 5.96 Å². The van der Waals surface area contributed by atoms with Gasteiger partial charge < -0.3 is 15.1 Å². The third-order valence-corrected chi connectivity index (χ3v) is 3.65. The van der Waals surface area contributed by atoms with Gasteiger partial charge in [0.15, 0.2) is 5.96 Å². The lowest BCUT2D eigenvalue weighted by molar-refractivity contribution is 0.253. The lowest BCUT2D eigenvalue weighted by atomic mass is 10.0. The van der Waals surface area contributed by atoms with Gasteiger partial charge in [0.1, 0.15) is 0 Å². The lowest BCUT2D eigenvalue weighted by Gasteiger charge is -2.28. The first-order valence-corrected chi connectivity index (χ1v) is 8.06. The highest BCUT2D eigenvalue weighted by Crippen LogP contribution is 2.08. The molecule has 4 heteroatoms. The van der Waals surface area contributed by atoms with Crippen LogP contribution in [0.5, 0.6) is 0 Å². The Labute approximate surface area is 136 Å². The first-order valence-electron chi connectivity index (χ1n) is 8.06. The quantitative estimate of drug-likeness (QED) is 0.621. The van der Waals surface area contributed by atoms with Gasteiger partial charge in [0.2, 0.25) is 0 Å². The van der Waals surface area contributed by atoms with Gasteiger partial charge in [-0.1, -0.05) is 44.2 Å². The van der Waals surface area contributed by atoms with E-state index in [-0.39, 0.29) is 0 Å². The number of rotatable bonds is 7. The maximum absolute atomic E-state index is 4.72. The monoisotopic (exact) mass is 304 g/mol. The van der Waals surface area contributed by atoms with E-state index in [2.05, 4.69) is 62.4 Å². The van der Waals surface area contributed by atoms with E-state index in [0.29, 0.717) is 18.5 Å². The van der Waals surface area contributed by atoms with Crippen LogP contribution in [0.3, 0.4) is 0 Å². The van der Waals surface area contributed by atoms with Crippen LogP contribution in [-0.4, -0.2) is 56.5 Å². The number of benzene rings is 1. The number of aliphatic imine (C=N–C) groups is 1. The predicted molar refractivity (Wildman–Crippen MR) is 96.2 cm³/mol. The highest BCUT2D eigenvalue weighted by atomic mass is 15.3. The van der Waals surface area contributed by atoms with Gasteiger partial charge in [-0.3, -0.25) is 0 Å². The molecule has 0 aliphatic carbocycles. The Morgan fingerprint density at radius 3 is 2.23 bits per heavy atom. The molecule has 1 aromatic carbocycles. The first kappa shape index (κ1) is 18.5. The van der Waals surface area contributed by atoms with Crippen molar-refractivity contribution in [2.75, 3.05) is 34.7 Å². The molecule has 0 aliphatic rings. The number of likely N-dealkylation sites (N-methyl/N-ethyl adjacent to an activating group) is 1. The summed E-state index contributed by atoms with van der Waals surface area (Å²) in [6.07, 6.45) is 1.18. The Morgan fingerprint density at radius 1 is 1.09 bits per heavy atom. The molecule has 124 valence electrons. The molecule has 0 radical (unpaired) electrons. The summed E-state index contributed by atoms with van der Waals surface area (Å²) in [5.74, 6) is 1.64. The SMILES string of the molecule is CC(C)CC(CNC(=NCc1ccccc1)N(C)C)N(C)C. The molecular weight excluding hydrogens is 272 g/mol. The molecule has 1 rings (SSSR count). The molecule has 0 heterocycles. The van der Waals surface area contributed by atoms with E-state index in [1.54, 1.807) is 0 Å². The fraction of sp³-hybridized carbons (Fsp3) is 0.611. The molecule has 0 spiro atoms. The predicted octanol–water partition coefficient (Wildman–Crippen LogP) is 2.67. The Balaban J connectivity index is 2.63. The standard InChI is InChI=1S/C18H32N4/c1-15(2)12-17(21(3)4)14-20-18(22(5)6)19-13-16-10-8-7-9-11-16/h7-11,15,17H,12-14H2,1-6H3,(H,19,20). The first-order chi connectivity index (χ1) is 10.4. The zero-order chi connectivity index (χ0) is 16.5. The summed E-state index contributed by atoms with van der Waals surface area (Å²) in [6.45, 7) is 6.16. The van der Waals surface area contributed by atoms with E-state index in [1.165, 1.54) is 12.0 Å². The van der Waals surface area contributed by atoms with Gasteiger partial charge in [0, 0.05) is 26.7 Å². The van der Waals surface area contributed by atoms with Crippen molar-refractivity contribution in [3.8, 4) is 0 Å². The van der Waals surface area contributed by atoms with Crippen LogP contribution in [0.15, 0.2) is 35.3 Å². The van der Waals surface area contributed by atoms with Crippen LogP contribution in [0.4, 0.5) is 0 Å². The zero-order valence-corrected chi connectivity index (χ0v) is 15.0. The maximum Gasteiger partial charge on any atom is 0.193 e. The summed E-state index contributed by atoms with van der Waals surface area (Å²) in [5.41, 5.74) is 1.23. The van der Waals surface area contributed by atoms with Gasteiger partial charge in [-0.25, -0.2) is 4.99 Å². The Morgan fingerprint density at radius 2 is 1.73 bits per heavy atom. The minimum Gasteiger partial charge on any atom is -0.355 e. The molecule has 0 saturated heterocycles. The van der Waals surface area contributed by atoms with Gasteiger partial charge in [-0.15, -0.1) is 0 Å². The number of hydrogen-bond donors (Lipinski definition) is 1. The van der Waals surface area contributed by atoms with Crippen molar-refractivity contribution in [3.63, 3.8) is 0 Å². The van der Waals surface area contributed by atoms with Crippen LogP contribution in [0.25, 0.3) is 0 Å². The second-order valence-electron chi connectivity index (χ2n) is 6.65. The van der Waals surface area contributed by atoms with E-state index in [9.17, 15) is 0 Å². The van der Waals surface area contributed by atoms with Crippen molar-refractivity contribution in [3.05, 3.63) is 35.9 Å². The third-order valence-electron chi connectivity index (χ3n) is 3.65. The minimum atomic E-state index is 0.516. The highest BCUT2D eigenvalue weighted by Gasteiger charge is 2.14. The van der Waals surface area contributed by atoms with Crippen molar-refractivity contribution in [1.82, 2.24) is 15.1 Å². The van der Waals surface area contributed by atoms with Gasteiger partial charge in [0.25, 0.3) is 0 Å². The van der Waals surface area contributed by atoms with Crippen molar-refractivity contribution in [2.45, 2.75) is 32.9 Å². The van der Waals surface area contributed by atoms with Crippen LogP contribution in [0, 0.1) is 5.92 Å². The summed E-state index contributed by atoms with van der Waals surface area (Å²) in [7, 11) is 8.35. The number of nitrogens with zero attached hydrogens (tertiary/aromatic N) is 3. The fourth-order valence-electron chi connectivity index (χ4n) is 2.34. The van der Waals surface area contributed by atoms with Gasteiger partial charge >= 0.3 is 0 Å². The number of guanidine groups is 1. The third kappa shape index (κ3) is 6.94. The largest absolute Gasteiger partial charge is 0.355 e. The molecule has 1 unspecified atom stereocenters. The van der Waals surface area contributed by atoms with Crippen molar-refractivity contribution < 1.29 is 0 Å². The van der Waals surface area contributed by atoms with Crippen LogP contribution < -0.4 is 5.32 Å².